The van der Waals surface area contributed by atoms with Gasteiger partial charge in [0, 0.05) is 16.1 Å². The molecule has 0 aliphatic carbocycles. The molecule has 0 fully saturated rings. The lowest BCUT2D eigenvalue weighted by Gasteiger charge is -2.12. The molecule has 0 unspecified atom stereocenters. The van der Waals surface area contributed by atoms with Gasteiger partial charge in [-0.05, 0) is 60.7 Å². The van der Waals surface area contributed by atoms with E-state index in [9.17, 15) is 9.90 Å². The monoisotopic (exact) mass is 429 g/mol. The SMILES string of the molecule is Cc1ccccc1N=Nc1c(O)c(C(=O)Nc2ccc(Cl)cc2C)cc2ccccc12. The highest BCUT2D eigenvalue weighted by atomic mass is 35.5. The van der Waals surface area contributed by atoms with Crippen LogP contribution in [0.2, 0.25) is 5.02 Å². The van der Waals surface area contributed by atoms with Gasteiger partial charge in [0.25, 0.3) is 5.91 Å². The number of anilines is 1. The number of carbonyl (C=O) groups is 1. The highest BCUT2D eigenvalue weighted by molar-refractivity contribution is 6.30. The first-order valence-electron chi connectivity index (χ1n) is 9.73. The minimum atomic E-state index is -0.444. The third kappa shape index (κ3) is 4.27. The van der Waals surface area contributed by atoms with Crippen LogP contribution in [0.15, 0.2) is 83.0 Å². The molecule has 2 N–H and O–H groups in total. The molecular formula is C25H20ClN3O2. The third-order valence-corrected chi connectivity index (χ3v) is 5.28. The fraction of sp³-hybridized carbons (Fsp3) is 0.0800. The van der Waals surface area contributed by atoms with Crippen molar-refractivity contribution >= 4 is 45.3 Å². The number of carbonyl (C=O) groups excluding carboxylic acids is 1. The Labute approximate surface area is 185 Å². The molecule has 0 aromatic heterocycles. The molecular weight excluding hydrogens is 410 g/mol. The minimum absolute atomic E-state index is 0.117. The normalized spacial score (nSPS) is 11.2. The van der Waals surface area contributed by atoms with Gasteiger partial charge in [0.1, 0.15) is 5.69 Å². The number of fused-ring (bicyclic) bond motifs is 1. The van der Waals surface area contributed by atoms with Gasteiger partial charge in [-0.3, -0.25) is 4.79 Å². The number of aromatic hydroxyl groups is 1. The minimum Gasteiger partial charge on any atom is -0.505 e. The Balaban J connectivity index is 1.79. The van der Waals surface area contributed by atoms with Crippen molar-refractivity contribution in [3.63, 3.8) is 0 Å². The molecule has 4 aromatic rings. The standard InChI is InChI=1S/C25H20ClN3O2/c1-15-7-3-6-10-22(15)28-29-23-19-9-5-4-8-17(19)14-20(24(23)30)25(31)27-21-12-11-18(26)13-16(21)2/h3-14,30H,1-2H3,(H,27,31). The molecule has 0 aliphatic rings. The van der Waals surface area contributed by atoms with Crippen LogP contribution in [0.4, 0.5) is 17.1 Å². The van der Waals surface area contributed by atoms with E-state index in [-0.39, 0.29) is 17.0 Å². The number of halogens is 1. The summed E-state index contributed by atoms with van der Waals surface area (Å²) in [6, 6.07) is 21.8. The average Bonchev–Trinajstić information content (AvgIpc) is 2.75. The number of nitrogens with one attached hydrogen (secondary N) is 1. The maximum Gasteiger partial charge on any atom is 0.259 e. The van der Waals surface area contributed by atoms with E-state index < -0.39 is 5.91 Å². The summed E-state index contributed by atoms with van der Waals surface area (Å²) in [5, 5.41) is 24.5. The highest BCUT2D eigenvalue weighted by Crippen LogP contribution is 2.40. The van der Waals surface area contributed by atoms with Gasteiger partial charge in [-0.25, -0.2) is 0 Å². The number of aryl methyl sites for hydroxylation is 2. The summed E-state index contributed by atoms with van der Waals surface area (Å²) in [5.41, 5.74) is 3.46. The lowest BCUT2D eigenvalue weighted by Crippen LogP contribution is -2.13. The van der Waals surface area contributed by atoms with Gasteiger partial charge < -0.3 is 10.4 Å². The molecule has 1 amide bonds. The van der Waals surface area contributed by atoms with Crippen molar-refractivity contribution in [3.05, 3.63) is 94.5 Å². The third-order valence-electron chi connectivity index (χ3n) is 5.05. The summed E-state index contributed by atoms with van der Waals surface area (Å²) in [6.07, 6.45) is 0. The number of rotatable bonds is 4. The highest BCUT2D eigenvalue weighted by Gasteiger charge is 2.19. The molecule has 0 heterocycles. The van der Waals surface area contributed by atoms with Crippen molar-refractivity contribution in [2.75, 3.05) is 5.32 Å². The fourth-order valence-corrected chi connectivity index (χ4v) is 3.55. The second kappa shape index (κ2) is 8.58. The van der Waals surface area contributed by atoms with Gasteiger partial charge in [-0.15, -0.1) is 5.11 Å². The van der Waals surface area contributed by atoms with Crippen LogP contribution in [0.3, 0.4) is 0 Å². The molecule has 4 rings (SSSR count). The molecule has 0 bridgehead atoms. The van der Waals surface area contributed by atoms with E-state index in [0.717, 1.165) is 16.5 Å². The van der Waals surface area contributed by atoms with Gasteiger partial charge >= 0.3 is 0 Å². The Kier molecular flexibility index (Phi) is 5.69. The first-order valence-corrected chi connectivity index (χ1v) is 10.1. The maximum atomic E-state index is 13.0. The second-order valence-electron chi connectivity index (χ2n) is 7.24. The van der Waals surface area contributed by atoms with Gasteiger partial charge in [0.15, 0.2) is 5.75 Å². The van der Waals surface area contributed by atoms with Crippen LogP contribution in [0, 0.1) is 13.8 Å². The van der Waals surface area contributed by atoms with Crippen molar-refractivity contribution in [1.82, 2.24) is 0 Å². The van der Waals surface area contributed by atoms with Crippen LogP contribution in [0.1, 0.15) is 21.5 Å². The molecule has 0 atom stereocenters. The number of hydrogen-bond donors (Lipinski definition) is 2. The number of hydrogen-bond acceptors (Lipinski definition) is 4. The number of benzene rings is 4. The van der Waals surface area contributed by atoms with Crippen LogP contribution in [-0.4, -0.2) is 11.0 Å². The first-order chi connectivity index (χ1) is 14.9. The average molecular weight is 430 g/mol. The number of nitrogens with zero attached hydrogens (tertiary/aromatic N) is 2. The molecule has 0 saturated carbocycles. The van der Waals surface area contributed by atoms with Crippen LogP contribution in [0.5, 0.6) is 5.75 Å². The quantitative estimate of drug-likeness (QED) is 0.330. The number of amides is 1. The van der Waals surface area contributed by atoms with Crippen LogP contribution < -0.4 is 5.32 Å². The summed E-state index contributed by atoms with van der Waals surface area (Å²) >= 11 is 6.00. The number of azo groups is 1. The van der Waals surface area contributed by atoms with Crippen molar-refractivity contribution in [3.8, 4) is 5.75 Å². The fourth-order valence-electron chi connectivity index (χ4n) is 3.33. The zero-order valence-corrected chi connectivity index (χ0v) is 17.8. The largest absolute Gasteiger partial charge is 0.505 e. The smallest absolute Gasteiger partial charge is 0.259 e. The lowest BCUT2D eigenvalue weighted by atomic mass is 10.0. The molecule has 0 saturated heterocycles. The molecule has 0 radical (unpaired) electrons. The zero-order chi connectivity index (χ0) is 22.0. The predicted octanol–water partition coefficient (Wildman–Crippen LogP) is 7.48. The maximum absolute atomic E-state index is 13.0. The van der Waals surface area contributed by atoms with E-state index in [2.05, 4.69) is 15.5 Å². The number of phenols is 1. The molecule has 5 nitrogen and oxygen atoms in total. The summed E-state index contributed by atoms with van der Waals surface area (Å²) in [5.74, 6) is -0.666. The van der Waals surface area contributed by atoms with E-state index in [4.69, 9.17) is 11.6 Å². The Hall–Kier alpha value is -3.70. The van der Waals surface area contributed by atoms with Crippen molar-refractivity contribution in [2.24, 2.45) is 10.2 Å². The Morgan fingerprint density at radius 1 is 0.903 bits per heavy atom. The summed E-state index contributed by atoms with van der Waals surface area (Å²) in [7, 11) is 0. The van der Waals surface area contributed by atoms with Gasteiger partial charge in [0.2, 0.25) is 0 Å². The van der Waals surface area contributed by atoms with Gasteiger partial charge in [-0.2, -0.15) is 5.11 Å². The molecule has 0 spiro atoms. The van der Waals surface area contributed by atoms with Crippen LogP contribution in [-0.2, 0) is 0 Å². The van der Waals surface area contributed by atoms with Crippen molar-refractivity contribution < 1.29 is 9.90 Å². The van der Waals surface area contributed by atoms with E-state index >= 15 is 0 Å². The summed E-state index contributed by atoms with van der Waals surface area (Å²) < 4.78 is 0. The molecule has 154 valence electrons. The molecule has 6 heteroatoms. The van der Waals surface area contributed by atoms with Gasteiger partial charge in [-0.1, -0.05) is 54.1 Å². The zero-order valence-electron chi connectivity index (χ0n) is 17.1. The summed E-state index contributed by atoms with van der Waals surface area (Å²) in [4.78, 5) is 13.0. The second-order valence-corrected chi connectivity index (χ2v) is 7.68. The molecule has 0 aliphatic heterocycles. The first kappa shape index (κ1) is 20.6. The lowest BCUT2D eigenvalue weighted by molar-refractivity contribution is 0.102. The van der Waals surface area contributed by atoms with Crippen molar-refractivity contribution in [2.45, 2.75) is 13.8 Å². The van der Waals surface area contributed by atoms with E-state index in [1.54, 1.807) is 24.3 Å². The van der Waals surface area contributed by atoms with E-state index in [0.29, 0.717) is 21.8 Å². The molecule has 31 heavy (non-hydrogen) atoms. The number of phenolic OH excluding ortho intramolecular Hbond substituents is 1. The predicted molar refractivity (Wildman–Crippen MR) is 125 cm³/mol. The van der Waals surface area contributed by atoms with Crippen LogP contribution >= 0.6 is 11.6 Å². The Morgan fingerprint density at radius 3 is 2.42 bits per heavy atom. The van der Waals surface area contributed by atoms with E-state index in [1.165, 1.54) is 0 Å². The Morgan fingerprint density at radius 2 is 1.65 bits per heavy atom. The summed E-state index contributed by atoms with van der Waals surface area (Å²) in [6.45, 7) is 3.79. The molecule has 4 aromatic carbocycles. The van der Waals surface area contributed by atoms with E-state index in [1.807, 2.05) is 62.4 Å². The van der Waals surface area contributed by atoms with Gasteiger partial charge in [0.05, 0.1) is 11.3 Å². The van der Waals surface area contributed by atoms with Crippen molar-refractivity contribution in [1.29, 1.82) is 0 Å². The Bertz CT molecular complexity index is 1330. The van der Waals surface area contributed by atoms with Crippen LogP contribution in [0.25, 0.3) is 10.8 Å². The topological polar surface area (TPSA) is 74.0 Å².